The molecule has 114 valence electrons. The molecule has 1 amide bonds. The lowest BCUT2D eigenvalue weighted by atomic mass is 9.97. The molecule has 0 spiro atoms. The van der Waals surface area contributed by atoms with Gasteiger partial charge in [0.2, 0.25) is 0 Å². The van der Waals surface area contributed by atoms with Gasteiger partial charge in [-0.2, -0.15) is 0 Å². The molecule has 5 nitrogen and oxygen atoms in total. The third-order valence-corrected chi connectivity index (χ3v) is 4.49. The molecule has 2 aliphatic heterocycles. The van der Waals surface area contributed by atoms with Gasteiger partial charge in [0.05, 0.1) is 11.8 Å². The average molecular weight is 289 g/mol. The first-order valence-electron chi connectivity index (χ1n) is 7.88. The summed E-state index contributed by atoms with van der Waals surface area (Å²) in [6.07, 6.45) is 7.78. The average Bonchev–Trinajstić information content (AvgIpc) is 3.00. The lowest BCUT2D eigenvalue weighted by Gasteiger charge is -2.34. The van der Waals surface area contributed by atoms with Crippen LogP contribution in [0.3, 0.4) is 0 Å². The maximum Gasteiger partial charge on any atom is 0.255 e. The van der Waals surface area contributed by atoms with Crippen LogP contribution in [0.5, 0.6) is 5.75 Å². The largest absolute Gasteiger partial charge is 0.506 e. The number of carbonyl (C=O) groups is 1. The van der Waals surface area contributed by atoms with Crippen LogP contribution in [0, 0.1) is 5.92 Å². The number of hydrogen-bond acceptors (Lipinski definition) is 4. The van der Waals surface area contributed by atoms with E-state index in [9.17, 15) is 9.90 Å². The summed E-state index contributed by atoms with van der Waals surface area (Å²) in [7, 11) is 0. The monoisotopic (exact) mass is 289 g/mol. The van der Waals surface area contributed by atoms with Crippen LogP contribution >= 0.6 is 0 Å². The minimum absolute atomic E-state index is 0.00970. The van der Waals surface area contributed by atoms with Gasteiger partial charge in [-0.25, -0.2) is 0 Å². The molecule has 3 rings (SSSR count). The molecule has 0 radical (unpaired) electrons. The van der Waals surface area contributed by atoms with E-state index in [-0.39, 0.29) is 11.7 Å². The van der Waals surface area contributed by atoms with Gasteiger partial charge in [-0.05, 0) is 50.8 Å². The summed E-state index contributed by atoms with van der Waals surface area (Å²) < 4.78 is 0. The highest BCUT2D eigenvalue weighted by Crippen LogP contribution is 2.22. The molecule has 0 aliphatic carbocycles. The summed E-state index contributed by atoms with van der Waals surface area (Å²) >= 11 is 0. The SMILES string of the molecule is O=C(c1cncc(O)c1)N1CCCC(CN2CCCC2)C1. The molecule has 21 heavy (non-hydrogen) atoms. The van der Waals surface area contributed by atoms with E-state index in [2.05, 4.69) is 9.88 Å². The van der Waals surface area contributed by atoms with Crippen molar-refractivity contribution in [2.24, 2.45) is 5.92 Å². The second-order valence-corrected chi connectivity index (χ2v) is 6.20. The van der Waals surface area contributed by atoms with Crippen molar-refractivity contribution < 1.29 is 9.90 Å². The van der Waals surface area contributed by atoms with Crippen molar-refractivity contribution >= 4 is 5.91 Å². The maximum absolute atomic E-state index is 12.5. The minimum Gasteiger partial charge on any atom is -0.506 e. The molecule has 1 unspecified atom stereocenters. The van der Waals surface area contributed by atoms with Crippen molar-refractivity contribution in [1.82, 2.24) is 14.8 Å². The predicted molar refractivity (Wildman–Crippen MR) is 80.2 cm³/mol. The fourth-order valence-corrected chi connectivity index (χ4v) is 3.46. The van der Waals surface area contributed by atoms with Crippen LogP contribution in [0.2, 0.25) is 0 Å². The Balaban J connectivity index is 1.61. The van der Waals surface area contributed by atoms with E-state index in [1.807, 2.05) is 4.90 Å². The van der Waals surface area contributed by atoms with E-state index in [4.69, 9.17) is 0 Å². The summed E-state index contributed by atoms with van der Waals surface area (Å²) in [4.78, 5) is 20.8. The van der Waals surface area contributed by atoms with E-state index >= 15 is 0 Å². The number of carbonyl (C=O) groups excluding carboxylic acids is 1. The molecular formula is C16H23N3O2. The van der Waals surface area contributed by atoms with Crippen LogP contribution in [0.4, 0.5) is 0 Å². The Hall–Kier alpha value is -1.62. The molecule has 1 N–H and O–H groups in total. The third-order valence-electron chi connectivity index (χ3n) is 4.49. The third kappa shape index (κ3) is 3.53. The fraction of sp³-hybridized carbons (Fsp3) is 0.625. The van der Waals surface area contributed by atoms with Crippen LogP contribution in [0.1, 0.15) is 36.0 Å². The number of aromatic nitrogens is 1. The zero-order valence-electron chi connectivity index (χ0n) is 12.4. The molecule has 2 fully saturated rings. The first-order chi connectivity index (χ1) is 10.2. The summed E-state index contributed by atoms with van der Waals surface area (Å²) in [5.41, 5.74) is 0.483. The van der Waals surface area contributed by atoms with Gasteiger partial charge in [-0.15, -0.1) is 0 Å². The molecule has 2 aliphatic rings. The van der Waals surface area contributed by atoms with Crippen molar-refractivity contribution in [2.75, 3.05) is 32.7 Å². The molecule has 1 aromatic rings. The molecule has 1 aromatic heterocycles. The molecule has 0 saturated carbocycles. The fourth-order valence-electron chi connectivity index (χ4n) is 3.46. The second-order valence-electron chi connectivity index (χ2n) is 6.20. The number of aromatic hydroxyl groups is 1. The number of pyridine rings is 1. The quantitative estimate of drug-likeness (QED) is 0.921. The van der Waals surface area contributed by atoms with Crippen molar-refractivity contribution in [3.05, 3.63) is 24.0 Å². The van der Waals surface area contributed by atoms with E-state index < -0.39 is 0 Å². The number of nitrogens with zero attached hydrogens (tertiary/aromatic N) is 3. The standard InChI is InChI=1S/C16H23N3O2/c20-15-8-14(9-17-10-15)16(21)19-7-3-4-13(12-19)11-18-5-1-2-6-18/h8-10,13,20H,1-7,11-12H2. The highest BCUT2D eigenvalue weighted by molar-refractivity contribution is 5.94. The van der Waals surface area contributed by atoms with Crippen molar-refractivity contribution in [2.45, 2.75) is 25.7 Å². The number of amides is 1. The van der Waals surface area contributed by atoms with Crippen LogP contribution in [0.15, 0.2) is 18.5 Å². The normalized spacial score (nSPS) is 23.4. The second kappa shape index (κ2) is 6.43. The maximum atomic E-state index is 12.5. The minimum atomic E-state index is -0.00970. The lowest BCUT2D eigenvalue weighted by Crippen LogP contribution is -2.43. The van der Waals surface area contributed by atoms with Gasteiger partial charge < -0.3 is 14.9 Å². The first-order valence-corrected chi connectivity index (χ1v) is 7.88. The number of hydrogen-bond donors (Lipinski definition) is 1. The topological polar surface area (TPSA) is 56.7 Å². The van der Waals surface area contributed by atoms with Crippen LogP contribution in [-0.4, -0.2) is 58.5 Å². The molecule has 2 saturated heterocycles. The summed E-state index contributed by atoms with van der Waals surface area (Å²) in [6.45, 7) is 5.17. The van der Waals surface area contributed by atoms with E-state index in [1.165, 1.54) is 50.8 Å². The van der Waals surface area contributed by atoms with E-state index in [0.717, 1.165) is 26.1 Å². The molecule has 0 aromatic carbocycles. The van der Waals surface area contributed by atoms with Gasteiger partial charge >= 0.3 is 0 Å². The van der Waals surface area contributed by atoms with Crippen LogP contribution in [-0.2, 0) is 0 Å². The Bertz CT molecular complexity index is 500. The van der Waals surface area contributed by atoms with Gasteiger partial charge in [-0.1, -0.05) is 0 Å². The highest BCUT2D eigenvalue weighted by atomic mass is 16.3. The molecule has 3 heterocycles. The molecule has 0 bridgehead atoms. The smallest absolute Gasteiger partial charge is 0.255 e. The van der Waals surface area contributed by atoms with Gasteiger partial charge in [-0.3, -0.25) is 9.78 Å². The summed E-state index contributed by atoms with van der Waals surface area (Å²) in [6, 6.07) is 1.50. The molecule has 1 atom stereocenters. The van der Waals surface area contributed by atoms with Gasteiger partial charge in [0.15, 0.2) is 0 Å². The predicted octanol–water partition coefficient (Wildman–Crippen LogP) is 1.74. The Morgan fingerprint density at radius 3 is 2.81 bits per heavy atom. The Morgan fingerprint density at radius 2 is 2.05 bits per heavy atom. The van der Waals surface area contributed by atoms with Crippen molar-refractivity contribution in [3.63, 3.8) is 0 Å². The molecule has 5 heteroatoms. The number of rotatable bonds is 3. The lowest BCUT2D eigenvalue weighted by molar-refractivity contribution is 0.0647. The summed E-state index contributed by atoms with van der Waals surface area (Å²) in [5, 5.41) is 9.46. The van der Waals surface area contributed by atoms with E-state index in [1.54, 1.807) is 0 Å². The summed E-state index contributed by atoms with van der Waals surface area (Å²) in [5.74, 6) is 0.613. The number of likely N-dealkylation sites (tertiary alicyclic amines) is 2. The van der Waals surface area contributed by atoms with Crippen LogP contribution < -0.4 is 0 Å². The van der Waals surface area contributed by atoms with Gasteiger partial charge in [0.1, 0.15) is 5.75 Å². The molecular weight excluding hydrogens is 266 g/mol. The zero-order valence-corrected chi connectivity index (χ0v) is 12.4. The Morgan fingerprint density at radius 1 is 1.24 bits per heavy atom. The van der Waals surface area contributed by atoms with Crippen LogP contribution in [0.25, 0.3) is 0 Å². The number of piperidine rings is 1. The highest BCUT2D eigenvalue weighted by Gasteiger charge is 2.26. The zero-order chi connectivity index (χ0) is 14.7. The Kier molecular flexibility index (Phi) is 4.39. The Labute approximate surface area is 125 Å². The first kappa shape index (κ1) is 14.3. The van der Waals surface area contributed by atoms with E-state index in [0.29, 0.717) is 11.5 Å². The van der Waals surface area contributed by atoms with Gasteiger partial charge in [0, 0.05) is 25.8 Å². The van der Waals surface area contributed by atoms with Gasteiger partial charge in [0.25, 0.3) is 5.91 Å². The van der Waals surface area contributed by atoms with Crippen molar-refractivity contribution in [1.29, 1.82) is 0 Å². The van der Waals surface area contributed by atoms with Crippen molar-refractivity contribution in [3.8, 4) is 5.75 Å².